The van der Waals surface area contributed by atoms with E-state index >= 15 is 0 Å². The van der Waals surface area contributed by atoms with Gasteiger partial charge >= 0.3 is 5.97 Å². The number of ether oxygens (including phenoxy) is 1. The SMILES string of the molecule is COC(=O)c1ccc(CN2CCC(C)CC2)cc1. The van der Waals surface area contributed by atoms with Gasteiger partial charge in [-0.15, -0.1) is 0 Å². The molecule has 1 aromatic carbocycles. The highest BCUT2D eigenvalue weighted by Crippen LogP contribution is 2.18. The summed E-state index contributed by atoms with van der Waals surface area (Å²) in [6, 6.07) is 7.72. The first-order chi connectivity index (χ1) is 8.69. The third-order valence-corrected chi connectivity index (χ3v) is 3.66. The number of nitrogens with zero attached hydrogens (tertiary/aromatic N) is 1. The summed E-state index contributed by atoms with van der Waals surface area (Å²) in [5, 5.41) is 0. The van der Waals surface area contributed by atoms with Crippen LogP contribution in [-0.4, -0.2) is 31.1 Å². The van der Waals surface area contributed by atoms with Crippen LogP contribution in [0.5, 0.6) is 0 Å². The van der Waals surface area contributed by atoms with Gasteiger partial charge in [0.15, 0.2) is 0 Å². The highest BCUT2D eigenvalue weighted by molar-refractivity contribution is 5.89. The Hall–Kier alpha value is -1.35. The predicted octanol–water partition coefficient (Wildman–Crippen LogP) is 2.71. The quantitative estimate of drug-likeness (QED) is 0.769. The number of benzene rings is 1. The number of piperidine rings is 1. The molecule has 0 bridgehead atoms. The van der Waals surface area contributed by atoms with Gasteiger partial charge in [-0.1, -0.05) is 19.1 Å². The van der Waals surface area contributed by atoms with E-state index in [0.29, 0.717) is 5.56 Å². The maximum absolute atomic E-state index is 11.3. The van der Waals surface area contributed by atoms with Crippen molar-refractivity contribution >= 4 is 5.97 Å². The van der Waals surface area contributed by atoms with E-state index in [4.69, 9.17) is 0 Å². The van der Waals surface area contributed by atoms with E-state index in [1.807, 2.05) is 24.3 Å². The third kappa shape index (κ3) is 3.33. The Balaban J connectivity index is 1.92. The molecule has 0 atom stereocenters. The second-order valence-corrected chi connectivity index (χ2v) is 5.15. The minimum absolute atomic E-state index is 0.270. The zero-order valence-corrected chi connectivity index (χ0v) is 11.2. The van der Waals surface area contributed by atoms with E-state index in [2.05, 4.69) is 16.6 Å². The summed E-state index contributed by atoms with van der Waals surface area (Å²) in [6.07, 6.45) is 2.58. The van der Waals surface area contributed by atoms with Gasteiger partial charge < -0.3 is 4.74 Å². The summed E-state index contributed by atoms with van der Waals surface area (Å²) in [4.78, 5) is 13.8. The van der Waals surface area contributed by atoms with Crippen molar-refractivity contribution in [2.75, 3.05) is 20.2 Å². The lowest BCUT2D eigenvalue weighted by Crippen LogP contribution is -2.32. The Morgan fingerprint density at radius 1 is 1.28 bits per heavy atom. The molecule has 1 fully saturated rings. The lowest BCUT2D eigenvalue weighted by atomic mass is 9.99. The maximum atomic E-state index is 11.3. The van der Waals surface area contributed by atoms with Crippen molar-refractivity contribution in [3.05, 3.63) is 35.4 Å². The van der Waals surface area contributed by atoms with E-state index < -0.39 is 0 Å². The van der Waals surface area contributed by atoms with E-state index in [1.165, 1.54) is 38.6 Å². The van der Waals surface area contributed by atoms with Crippen LogP contribution < -0.4 is 0 Å². The van der Waals surface area contributed by atoms with Crippen LogP contribution in [0.4, 0.5) is 0 Å². The van der Waals surface area contributed by atoms with Gasteiger partial charge in [0.1, 0.15) is 0 Å². The van der Waals surface area contributed by atoms with Gasteiger partial charge in [-0.2, -0.15) is 0 Å². The Bertz CT molecular complexity index is 391. The van der Waals surface area contributed by atoms with Gasteiger partial charge in [0, 0.05) is 6.54 Å². The number of hydrogen-bond acceptors (Lipinski definition) is 3. The van der Waals surface area contributed by atoms with Gasteiger partial charge in [-0.3, -0.25) is 4.90 Å². The average molecular weight is 247 g/mol. The van der Waals surface area contributed by atoms with Crippen molar-refractivity contribution in [1.29, 1.82) is 0 Å². The molecule has 1 aliphatic heterocycles. The summed E-state index contributed by atoms with van der Waals surface area (Å²) >= 11 is 0. The molecule has 0 unspecified atom stereocenters. The molecule has 3 heteroatoms. The molecule has 2 rings (SSSR count). The number of esters is 1. The van der Waals surface area contributed by atoms with Gasteiger partial charge in [-0.05, 0) is 49.5 Å². The molecule has 0 saturated carbocycles. The summed E-state index contributed by atoms with van der Waals surface area (Å²) < 4.78 is 4.69. The van der Waals surface area contributed by atoms with E-state index in [0.717, 1.165) is 12.5 Å². The molecule has 0 spiro atoms. The van der Waals surface area contributed by atoms with Crippen molar-refractivity contribution < 1.29 is 9.53 Å². The van der Waals surface area contributed by atoms with Crippen LogP contribution in [0, 0.1) is 5.92 Å². The number of likely N-dealkylation sites (tertiary alicyclic amines) is 1. The summed E-state index contributed by atoms with van der Waals surface area (Å²) in [7, 11) is 1.41. The Kier molecular flexibility index (Phi) is 4.37. The topological polar surface area (TPSA) is 29.5 Å². The Labute approximate surface area is 109 Å². The van der Waals surface area contributed by atoms with Crippen LogP contribution >= 0.6 is 0 Å². The third-order valence-electron chi connectivity index (χ3n) is 3.66. The largest absolute Gasteiger partial charge is 0.465 e. The molecule has 0 radical (unpaired) electrons. The summed E-state index contributed by atoms with van der Waals surface area (Å²) in [5.41, 5.74) is 1.88. The Morgan fingerprint density at radius 2 is 1.89 bits per heavy atom. The molecule has 3 nitrogen and oxygen atoms in total. The number of methoxy groups -OCH3 is 1. The van der Waals surface area contributed by atoms with Crippen LogP contribution in [0.2, 0.25) is 0 Å². The molecule has 98 valence electrons. The fourth-order valence-corrected chi connectivity index (χ4v) is 2.34. The molecule has 1 saturated heterocycles. The second-order valence-electron chi connectivity index (χ2n) is 5.15. The zero-order chi connectivity index (χ0) is 13.0. The van der Waals surface area contributed by atoms with Crippen LogP contribution in [0.1, 0.15) is 35.7 Å². The fourth-order valence-electron chi connectivity index (χ4n) is 2.34. The summed E-state index contributed by atoms with van der Waals surface area (Å²) in [5.74, 6) is 0.594. The molecule has 0 N–H and O–H groups in total. The van der Waals surface area contributed by atoms with E-state index in [-0.39, 0.29) is 5.97 Å². The van der Waals surface area contributed by atoms with Gasteiger partial charge in [0.05, 0.1) is 12.7 Å². The number of carbonyl (C=O) groups excluding carboxylic acids is 1. The molecular weight excluding hydrogens is 226 g/mol. The van der Waals surface area contributed by atoms with E-state index in [1.54, 1.807) is 0 Å². The average Bonchev–Trinajstić information content (AvgIpc) is 2.41. The lowest BCUT2D eigenvalue weighted by molar-refractivity contribution is 0.0600. The van der Waals surface area contributed by atoms with Crippen molar-refractivity contribution in [3.8, 4) is 0 Å². The van der Waals surface area contributed by atoms with Crippen molar-refractivity contribution in [3.63, 3.8) is 0 Å². The highest BCUT2D eigenvalue weighted by atomic mass is 16.5. The maximum Gasteiger partial charge on any atom is 0.337 e. The van der Waals surface area contributed by atoms with Crippen LogP contribution in [0.3, 0.4) is 0 Å². The Morgan fingerprint density at radius 3 is 2.44 bits per heavy atom. The van der Waals surface area contributed by atoms with Crippen molar-refractivity contribution in [2.45, 2.75) is 26.3 Å². The van der Waals surface area contributed by atoms with Crippen molar-refractivity contribution in [2.24, 2.45) is 5.92 Å². The first-order valence-corrected chi connectivity index (χ1v) is 6.58. The molecule has 0 amide bonds. The minimum Gasteiger partial charge on any atom is -0.465 e. The van der Waals surface area contributed by atoms with Crippen molar-refractivity contribution in [1.82, 2.24) is 4.90 Å². The lowest BCUT2D eigenvalue weighted by Gasteiger charge is -2.30. The molecular formula is C15H21NO2. The molecule has 1 aliphatic rings. The normalized spacial score (nSPS) is 17.7. The fraction of sp³-hybridized carbons (Fsp3) is 0.533. The smallest absolute Gasteiger partial charge is 0.337 e. The summed E-state index contributed by atoms with van der Waals surface area (Å²) in [6.45, 7) is 5.66. The second kappa shape index (κ2) is 6.01. The minimum atomic E-state index is -0.270. The molecule has 0 aromatic heterocycles. The number of rotatable bonds is 3. The van der Waals surface area contributed by atoms with E-state index in [9.17, 15) is 4.79 Å². The van der Waals surface area contributed by atoms with Crippen LogP contribution in [0.25, 0.3) is 0 Å². The first kappa shape index (κ1) is 13.1. The molecule has 0 aliphatic carbocycles. The molecule has 1 aromatic rings. The predicted molar refractivity (Wildman–Crippen MR) is 71.5 cm³/mol. The monoisotopic (exact) mass is 247 g/mol. The van der Waals surface area contributed by atoms with Gasteiger partial charge in [0.25, 0.3) is 0 Å². The van der Waals surface area contributed by atoms with Gasteiger partial charge in [0.2, 0.25) is 0 Å². The first-order valence-electron chi connectivity index (χ1n) is 6.58. The molecule has 1 heterocycles. The van der Waals surface area contributed by atoms with Gasteiger partial charge in [-0.25, -0.2) is 4.79 Å². The van der Waals surface area contributed by atoms with Crippen LogP contribution in [0.15, 0.2) is 24.3 Å². The number of hydrogen-bond donors (Lipinski definition) is 0. The molecule has 18 heavy (non-hydrogen) atoms. The van der Waals surface area contributed by atoms with Crippen LogP contribution in [-0.2, 0) is 11.3 Å². The number of carbonyl (C=O) groups is 1. The highest BCUT2D eigenvalue weighted by Gasteiger charge is 2.15. The zero-order valence-electron chi connectivity index (χ0n) is 11.2. The standard InChI is InChI=1S/C15H21NO2/c1-12-7-9-16(10-8-12)11-13-3-5-14(6-4-13)15(17)18-2/h3-6,12H,7-11H2,1-2H3.